The molecule has 0 unspecified atom stereocenters. The maximum absolute atomic E-state index is 12.4. The van der Waals surface area contributed by atoms with Gasteiger partial charge in [0.2, 0.25) is 0 Å². The van der Waals surface area contributed by atoms with Crippen molar-refractivity contribution in [1.82, 2.24) is 0 Å². The monoisotopic (exact) mass is 268 g/mol. The average Bonchev–Trinajstić information content (AvgIpc) is 2.47. The normalized spacial score (nSPS) is 10.5. The zero-order valence-corrected chi connectivity index (χ0v) is 10.7. The van der Waals surface area contributed by atoms with Gasteiger partial charge in [0.1, 0.15) is 0 Å². The Hall–Kier alpha value is -2.39. The van der Waals surface area contributed by atoms with E-state index in [9.17, 15) is 9.46 Å². The number of rotatable bonds is 2. The number of nitrogens with zero attached hydrogens (tertiary/aromatic N) is 2. The van der Waals surface area contributed by atoms with E-state index in [2.05, 4.69) is 0 Å². The molecule has 0 heterocycles. The molecule has 2 rings (SSSR count). The van der Waals surface area contributed by atoms with Crippen LogP contribution in [0.3, 0.4) is 0 Å². The molecule has 5 heteroatoms. The van der Waals surface area contributed by atoms with Gasteiger partial charge in [0.15, 0.2) is 0 Å². The smallest absolute Gasteiger partial charge is 0.258 e. The van der Waals surface area contributed by atoms with E-state index < -0.39 is 7.37 Å². The summed E-state index contributed by atoms with van der Waals surface area (Å²) in [6.45, 7) is 0. The maximum Gasteiger partial charge on any atom is 0.258 e. The summed E-state index contributed by atoms with van der Waals surface area (Å²) in [6, 6.07) is 15.8. The highest BCUT2D eigenvalue weighted by atomic mass is 31.2. The fraction of sp³-hybridized carbons (Fsp3) is 0. The van der Waals surface area contributed by atoms with Crippen LogP contribution in [0.25, 0.3) is 0 Å². The SMILES string of the molecule is N#Cc1ccc(P(=O)(O)c2ccc(C#N)cc2)cc1. The van der Waals surface area contributed by atoms with Crippen LogP contribution in [-0.4, -0.2) is 4.89 Å². The van der Waals surface area contributed by atoms with Crippen molar-refractivity contribution in [3.8, 4) is 12.1 Å². The molecule has 4 nitrogen and oxygen atoms in total. The minimum atomic E-state index is -3.68. The highest BCUT2D eigenvalue weighted by molar-refractivity contribution is 7.73. The van der Waals surface area contributed by atoms with Gasteiger partial charge in [0.05, 0.1) is 23.3 Å². The van der Waals surface area contributed by atoms with Gasteiger partial charge in [-0.3, -0.25) is 4.57 Å². The van der Waals surface area contributed by atoms with E-state index in [1.807, 2.05) is 12.1 Å². The van der Waals surface area contributed by atoms with Crippen LogP contribution in [0.1, 0.15) is 11.1 Å². The molecule has 0 bridgehead atoms. The van der Waals surface area contributed by atoms with E-state index in [0.717, 1.165) is 0 Å². The van der Waals surface area contributed by atoms with Crippen molar-refractivity contribution in [3.05, 3.63) is 59.7 Å². The Bertz CT molecular complexity index is 661. The highest BCUT2D eigenvalue weighted by Crippen LogP contribution is 2.37. The van der Waals surface area contributed by atoms with Crippen LogP contribution in [0.15, 0.2) is 48.5 Å². The molecule has 0 aliphatic rings. The van der Waals surface area contributed by atoms with Gasteiger partial charge in [0, 0.05) is 10.6 Å². The lowest BCUT2D eigenvalue weighted by Crippen LogP contribution is -2.15. The summed E-state index contributed by atoms with van der Waals surface area (Å²) in [5, 5.41) is 17.9. The molecule has 19 heavy (non-hydrogen) atoms. The lowest BCUT2D eigenvalue weighted by Gasteiger charge is -2.12. The summed E-state index contributed by atoms with van der Waals surface area (Å²) in [5.74, 6) is 0. The Kier molecular flexibility index (Phi) is 3.49. The first-order valence-corrected chi connectivity index (χ1v) is 7.08. The molecular weight excluding hydrogens is 259 g/mol. The third-order valence-corrected chi connectivity index (χ3v) is 4.69. The van der Waals surface area contributed by atoms with Crippen molar-refractivity contribution >= 4 is 18.0 Å². The Labute approximate surface area is 110 Å². The van der Waals surface area contributed by atoms with Gasteiger partial charge in [0.25, 0.3) is 7.37 Å². The van der Waals surface area contributed by atoms with Gasteiger partial charge in [-0.05, 0) is 48.5 Å². The summed E-state index contributed by atoms with van der Waals surface area (Å²) in [7, 11) is -3.68. The summed E-state index contributed by atoms with van der Waals surface area (Å²) in [5.41, 5.74) is 0.868. The Morgan fingerprint density at radius 2 is 1.11 bits per heavy atom. The van der Waals surface area contributed by atoms with Crippen LogP contribution in [0, 0.1) is 22.7 Å². The molecule has 0 radical (unpaired) electrons. The molecule has 2 aromatic rings. The van der Waals surface area contributed by atoms with Crippen LogP contribution >= 0.6 is 7.37 Å². The van der Waals surface area contributed by atoms with Gasteiger partial charge in [-0.2, -0.15) is 10.5 Å². The van der Waals surface area contributed by atoms with Crippen molar-refractivity contribution in [2.45, 2.75) is 0 Å². The maximum atomic E-state index is 12.4. The number of nitriles is 2. The van der Waals surface area contributed by atoms with Crippen LogP contribution in [-0.2, 0) is 4.57 Å². The van der Waals surface area contributed by atoms with E-state index in [4.69, 9.17) is 10.5 Å². The van der Waals surface area contributed by atoms with E-state index in [1.165, 1.54) is 48.5 Å². The largest absolute Gasteiger partial charge is 0.338 e. The topological polar surface area (TPSA) is 84.9 Å². The second kappa shape index (κ2) is 5.08. The lowest BCUT2D eigenvalue weighted by molar-refractivity contribution is 0.501. The molecule has 0 aliphatic carbocycles. The van der Waals surface area contributed by atoms with Gasteiger partial charge in [-0.15, -0.1) is 0 Å². The Morgan fingerprint density at radius 1 is 0.789 bits per heavy atom. The quantitative estimate of drug-likeness (QED) is 0.839. The molecule has 0 aliphatic heterocycles. The predicted octanol–water partition coefficient (Wildman–Crippen LogP) is 1.65. The molecule has 0 amide bonds. The third-order valence-electron chi connectivity index (χ3n) is 2.69. The minimum Gasteiger partial charge on any atom is -0.338 e. The number of hydrogen-bond donors (Lipinski definition) is 1. The van der Waals surface area contributed by atoms with Crippen LogP contribution in [0.5, 0.6) is 0 Å². The van der Waals surface area contributed by atoms with E-state index in [-0.39, 0.29) is 10.6 Å². The third kappa shape index (κ3) is 2.56. The standard InChI is InChI=1S/C14H9N2O2P/c15-9-11-1-5-13(6-2-11)19(17,18)14-7-3-12(10-16)4-8-14/h1-8H,(H,17,18). The molecular formula is C14H9N2O2P. The number of benzene rings is 2. The van der Waals surface area contributed by atoms with Gasteiger partial charge in [-0.25, -0.2) is 0 Å². The first-order chi connectivity index (χ1) is 9.07. The molecule has 0 atom stereocenters. The average molecular weight is 268 g/mol. The fourth-order valence-corrected chi connectivity index (χ4v) is 3.03. The molecule has 0 saturated carbocycles. The zero-order valence-electron chi connectivity index (χ0n) is 9.82. The van der Waals surface area contributed by atoms with Gasteiger partial charge < -0.3 is 4.89 Å². The van der Waals surface area contributed by atoms with Crippen molar-refractivity contribution in [2.24, 2.45) is 0 Å². The Balaban J connectivity index is 2.43. The first kappa shape index (κ1) is 13.1. The molecule has 92 valence electrons. The number of hydrogen-bond acceptors (Lipinski definition) is 3. The van der Waals surface area contributed by atoms with Crippen LogP contribution in [0.4, 0.5) is 0 Å². The minimum absolute atomic E-state index is 0.260. The highest BCUT2D eigenvalue weighted by Gasteiger charge is 2.23. The predicted molar refractivity (Wildman–Crippen MR) is 71.4 cm³/mol. The van der Waals surface area contributed by atoms with Crippen LogP contribution in [0.2, 0.25) is 0 Å². The van der Waals surface area contributed by atoms with E-state index >= 15 is 0 Å². The molecule has 0 spiro atoms. The Morgan fingerprint density at radius 3 is 1.37 bits per heavy atom. The summed E-state index contributed by atoms with van der Waals surface area (Å²) in [4.78, 5) is 10.2. The first-order valence-electron chi connectivity index (χ1n) is 5.42. The molecule has 0 saturated heterocycles. The molecule has 0 aromatic heterocycles. The fourth-order valence-electron chi connectivity index (χ4n) is 1.63. The van der Waals surface area contributed by atoms with Crippen LogP contribution < -0.4 is 10.6 Å². The van der Waals surface area contributed by atoms with Gasteiger partial charge >= 0.3 is 0 Å². The van der Waals surface area contributed by atoms with E-state index in [1.54, 1.807) is 0 Å². The lowest BCUT2D eigenvalue weighted by atomic mass is 10.2. The van der Waals surface area contributed by atoms with Crippen molar-refractivity contribution < 1.29 is 9.46 Å². The molecule has 2 aromatic carbocycles. The van der Waals surface area contributed by atoms with Gasteiger partial charge in [-0.1, -0.05) is 0 Å². The van der Waals surface area contributed by atoms with Crippen molar-refractivity contribution in [2.75, 3.05) is 0 Å². The summed E-state index contributed by atoms with van der Waals surface area (Å²) in [6.07, 6.45) is 0. The second-order valence-electron chi connectivity index (χ2n) is 3.89. The van der Waals surface area contributed by atoms with E-state index in [0.29, 0.717) is 11.1 Å². The zero-order chi connectivity index (χ0) is 13.9. The summed E-state index contributed by atoms with van der Waals surface area (Å²) >= 11 is 0. The van der Waals surface area contributed by atoms with Crippen molar-refractivity contribution in [1.29, 1.82) is 10.5 Å². The molecule has 1 N–H and O–H groups in total. The van der Waals surface area contributed by atoms with Crippen molar-refractivity contribution in [3.63, 3.8) is 0 Å². The molecule has 0 fully saturated rings. The second-order valence-corrected chi connectivity index (χ2v) is 6.08. The summed E-state index contributed by atoms with van der Waals surface area (Å²) < 4.78 is 12.4.